The second-order valence-corrected chi connectivity index (χ2v) is 4.51. The topological polar surface area (TPSA) is 30.9 Å². The molecule has 2 heteroatoms. The number of hydrogen-bond acceptors (Lipinski definition) is 1. The zero-order valence-corrected chi connectivity index (χ0v) is 9.43. The van der Waals surface area contributed by atoms with Gasteiger partial charge in [-0.05, 0) is 51.2 Å². The van der Waals surface area contributed by atoms with E-state index in [0.29, 0.717) is 12.6 Å². The number of nitrogens with two attached hydrogens (primary N) is 1. The van der Waals surface area contributed by atoms with E-state index < -0.39 is 0 Å². The third-order valence-electron chi connectivity index (χ3n) is 3.36. The first-order valence-electron chi connectivity index (χ1n) is 5.58. The Kier molecular flexibility index (Phi) is 2.40. The molecule has 0 fully saturated rings. The predicted molar refractivity (Wildman–Crippen MR) is 59.5 cm³/mol. The molecule has 0 bridgehead atoms. The molecule has 0 aliphatic heterocycles. The minimum Gasteiger partial charge on any atom is -0.346 e. The Bertz CT molecular complexity index is 348. The molecule has 1 heterocycles. The van der Waals surface area contributed by atoms with Crippen LogP contribution in [0, 0.1) is 6.92 Å². The van der Waals surface area contributed by atoms with Gasteiger partial charge in [-0.2, -0.15) is 0 Å². The van der Waals surface area contributed by atoms with Crippen molar-refractivity contribution in [2.24, 2.45) is 5.73 Å². The van der Waals surface area contributed by atoms with Crippen LogP contribution < -0.4 is 5.73 Å². The number of rotatable bonds is 2. The number of aromatic nitrogens is 1. The summed E-state index contributed by atoms with van der Waals surface area (Å²) in [5, 5.41) is 0. The molecule has 0 radical (unpaired) electrons. The minimum absolute atomic E-state index is 0.571. The van der Waals surface area contributed by atoms with Crippen molar-refractivity contribution in [1.82, 2.24) is 4.57 Å². The van der Waals surface area contributed by atoms with Crippen LogP contribution in [0.15, 0.2) is 0 Å². The molecule has 0 saturated carbocycles. The van der Waals surface area contributed by atoms with Crippen molar-refractivity contribution in [3.05, 3.63) is 22.5 Å². The summed E-state index contributed by atoms with van der Waals surface area (Å²) in [6, 6.07) is 0.571. The van der Waals surface area contributed by atoms with Gasteiger partial charge < -0.3 is 10.3 Å². The number of fused-ring (bicyclic) bond motifs is 1. The smallest absolute Gasteiger partial charge is 0.0279 e. The summed E-state index contributed by atoms with van der Waals surface area (Å²) in [5.74, 6) is 0. The SMILES string of the molecule is Cc1c(CN)c2c(n1C(C)C)CCC2. The van der Waals surface area contributed by atoms with Crippen molar-refractivity contribution >= 4 is 0 Å². The van der Waals surface area contributed by atoms with Crippen LogP contribution in [-0.4, -0.2) is 4.57 Å². The van der Waals surface area contributed by atoms with E-state index in [1.54, 1.807) is 11.3 Å². The highest BCUT2D eigenvalue weighted by atomic mass is 15.0. The molecule has 1 aliphatic rings. The van der Waals surface area contributed by atoms with Crippen molar-refractivity contribution in [3.8, 4) is 0 Å². The van der Waals surface area contributed by atoms with Crippen molar-refractivity contribution < 1.29 is 0 Å². The summed E-state index contributed by atoms with van der Waals surface area (Å²) in [4.78, 5) is 0. The molecule has 2 rings (SSSR count). The van der Waals surface area contributed by atoms with Gasteiger partial charge in [-0.15, -0.1) is 0 Å². The summed E-state index contributed by atoms with van der Waals surface area (Å²) in [7, 11) is 0. The minimum atomic E-state index is 0.571. The van der Waals surface area contributed by atoms with Gasteiger partial charge in [0, 0.05) is 24.0 Å². The molecule has 1 aromatic rings. The predicted octanol–water partition coefficient (Wildman–Crippen LogP) is 2.32. The molecule has 0 aromatic carbocycles. The molecular formula is C12H20N2. The summed E-state index contributed by atoms with van der Waals surface area (Å²) in [6.45, 7) is 7.42. The molecule has 1 aliphatic carbocycles. The zero-order valence-electron chi connectivity index (χ0n) is 9.43. The van der Waals surface area contributed by atoms with Gasteiger partial charge in [0.25, 0.3) is 0 Å². The third-order valence-corrected chi connectivity index (χ3v) is 3.36. The second kappa shape index (κ2) is 3.43. The van der Waals surface area contributed by atoms with Crippen molar-refractivity contribution in [2.45, 2.75) is 52.6 Å². The molecule has 1 aromatic heterocycles. The third kappa shape index (κ3) is 1.21. The van der Waals surface area contributed by atoms with Crippen LogP contribution in [0.2, 0.25) is 0 Å². The second-order valence-electron chi connectivity index (χ2n) is 4.51. The molecule has 0 saturated heterocycles. The van der Waals surface area contributed by atoms with Crippen molar-refractivity contribution in [2.75, 3.05) is 0 Å². The van der Waals surface area contributed by atoms with Crippen LogP contribution in [0.3, 0.4) is 0 Å². The quantitative estimate of drug-likeness (QED) is 0.766. The first-order chi connectivity index (χ1) is 6.66. The maximum absolute atomic E-state index is 5.82. The molecule has 0 spiro atoms. The number of nitrogens with zero attached hydrogens (tertiary/aromatic N) is 1. The molecule has 2 N–H and O–H groups in total. The Balaban J connectivity index is 2.60. The Morgan fingerprint density at radius 3 is 2.64 bits per heavy atom. The van der Waals surface area contributed by atoms with Crippen LogP contribution in [0.5, 0.6) is 0 Å². The molecule has 0 atom stereocenters. The van der Waals surface area contributed by atoms with Gasteiger partial charge in [0.15, 0.2) is 0 Å². The van der Waals surface area contributed by atoms with Gasteiger partial charge in [-0.25, -0.2) is 0 Å². The Hall–Kier alpha value is -0.760. The lowest BCUT2D eigenvalue weighted by atomic mass is 10.1. The normalized spacial score (nSPS) is 15.2. The highest BCUT2D eigenvalue weighted by Gasteiger charge is 2.23. The van der Waals surface area contributed by atoms with E-state index in [9.17, 15) is 0 Å². The van der Waals surface area contributed by atoms with E-state index in [1.807, 2.05) is 0 Å². The first-order valence-corrected chi connectivity index (χ1v) is 5.58. The van der Waals surface area contributed by atoms with E-state index in [1.165, 1.54) is 30.5 Å². The molecule has 14 heavy (non-hydrogen) atoms. The number of hydrogen-bond donors (Lipinski definition) is 1. The van der Waals surface area contributed by atoms with Gasteiger partial charge in [0.05, 0.1) is 0 Å². The summed E-state index contributed by atoms with van der Waals surface area (Å²) in [6.07, 6.45) is 3.79. The van der Waals surface area contributed by atoms with Crippen molar-refractivity contribution in [3.63, 3.8) is 0 Å². The van der Waals surface area contributed by atoms with Crippen LogP contribution in [0.1, 0.15) is 48.8 Å². The average molecular weight is 192 g/mol. The van der Waals surface area contributed by atoms with Crippen molar-refractivity contribution in [1.29, 1.82) is 0 Å². The molecular weight excluding hydrogens is 172 g/mol. The molecule has 0 unspecified atom stereocenters. The lowest BCUT2D eigenvalue weighted by Gasteiger charge is -2.14. The zero-order chi connectivity index (χ0) is 10.3. The Morgan fingerprint density at radius 2 is 2.07 bits per heavy atom. The Labute approximate surface area is 86.1 Å². The summed E-state index contributed by atoms with van der Waals surface area (Å²) < 4.78 is 2.48. The lowest BCUT2D eigenvalue weighted by molar-refractivity contribution is 0.562. The summed E-state index contributed by atoms with van der Waals surface area (Å²) >= 11 is 0. The molecule has 78 valence electrons. The van der Waals surface area contributed by atoms with Gasteiger partial charge >= 0.3 is 0 Å². The largest absolute Gasteiger partial charge is 0.346 e. The highest BCUT2D eigenvalue weighted by Crippen LogP contribution is 2.32. The van der Waals surface area contributed by atoms with E-state index in [0.717, 1.165) is 0 Å². The molecule has 0 amide bonds. The van der Waals surface area contributed by atoms with Crippen LogP contribution in [0.25, 0.3) is 0 Å². The lowest BCUT2D eigenvalue weighted by Crippen LogP contribution is -2.08. The van der Waals surface area contributed by atoms with Crippen LogP contribution >= 0.6 is 0 Å². The Morgan fingerprint density at radius 1 is 1.36 bits per heavy atom. The first kappa shape index (κ1) is 9.78. The van der Waals surface area contributed by atoms with E-state index in [2.05, 4.69) is 25.3 Å². The van der Waals surface area contributed by atoms with E-state index >= 15 is 0 Å². The van der Waals surface area contributed by atoms with E-state index in [4.69, 9.17) is 5.73 Å². The fourth-order valence-corrected chi connectivity index (χ4v) is 2.85. The fraction of sp³-hybridized carbons (Fsp3) is 0.667. The standard InChI is InChI=1S/C12H20N2/c1-8(2)14-9(3)11(7-13)10-5-4-6-12(10)14/h8H,4-7,13H2,1-3H3. The van der Waals surface area contributed by atoms with Crippen LogP contribution in [0.4, 0.5) is 0 Å². The average Bonchev–Trinajstić information content (AvgIpc) is 2.62. The maximum Gasteiger partial charge on any atom is 0.0279 e. The monoisotopic (exact) mass is 192 g/mol. The van der Waals surface area contributed by atoms with Gasteiger partial charge in [0.1, 0.15) is 0 Å². The maximum atomic E-state index is 5.82. The van der Waals surface area contributed by atoms with Gasteiger partial charge in [0.2, 0.25) is 0 Å². The summed E-state index contributed by atoms with van der Waals surface area (Å²) in [5.41, 5.74) is 11.7. The van der Waals surface area contributed by atoms with E-state index in [-0.39, 0.29) is 0 Å². The fourth-order valence-electron chi connectivity index (χ4n) is 2.85. The van der Waals surface area contributed by atoms with Crippen LogP contribution in [-0.2, 0) is 19.4 Å². The van der Waals surface area contributed by atoms with Gasteiger partial charge in [-0.1, -0.05) is 0 Å². The molecule has 2 nitrogen and oxygen atoms in total. The van der Waals surface area contributed by atoms with Gasteiger partial charge in [-0.3, -0.25) is 0 Å². The highest BCUT2D eigenvalue weighted by molar-refractivity contribution is 5.41.